The van der Waals surface area contributed by atoms with Crippen LogP contribution in [0.15, 0.2) is 11.4 Å². The summed E-state index contributed by atoms with van der Waals surface area (Å²) in [7, 11) is 0. The molecule has 0 aromatic carbocycles. The van der Waals surface area contributed by atoms with Gasteiger partial charge in [-0.3, -0.25) is 0 Å². The van der Waals surface area contributed by atoms with Gasteiger partial charge < -0.3 is 5.32 Å². The highest BCUT2D eigenvalue weighted by molar-refractivity contribution is 7.10. The second-order valence-corrected chi connectivity index (χ2v) is 7.60. The normalized spacial score (nSPS) is 21.7. The Morgan fingerprint density at radius 2 is 2.22 bits per heavy atom. The Labute approximate surface area is 116 Å². The Balaban J connectivity index is 2.22. The highest BCUT2D eigenvalue weighted by atomic mass is 32.1. The van der Waals surface area contributed by atoms with Gasteiger partial charge in [-0.1, -0.05) is 27.7 Å². The van der Waals surface area contributed by atoms with Crippen LogP contribution < -0.4 is 5.32 Å². The summed E-state index contributed by atoms with van der Waals surface area (Å²) in [5.74, 6) is 0.714. The van der Waals surface area contributed by atoms with Crippen molar-refractivity contribution in [3.63, 3.8) is 0 Å². The third kappa shape index (κ3) is 2.97. The Morgan fingerprint density at radius 1 is 1.44 bits per heavy atom. The molecule has 2 heteroatoms. The largest absolute Gasteiger partial charge is 0.313 e. The molecule has 102 valence electrons. The average Bonchev–Trinajstić information content (AvgIpc) is 2.76. The lowest BCUT2D eigenvalue weighted by Gasteiger charge is -2.40. The van der Waals surface area contributed by atoms with Crippen LogP contribution in [0.5, 0.6) is 0 Å². The van der Waals surface area contributed by atoms with E-state index < -0.39 is 0 Å². The van der Waals surface area contributed by atoms with E-state index in [1.54, 1.807) is 10.4 Å². The molecule has 1 nitrogen and oxygen atoms in total. The number of aryl methyl sites for hydroxylation is 1. The van der Waals surface area contributed by atoms with Gasteiger partial charge in [-0.25, -0.2) is 0 Å². The Morgan fingerprint density at radius 3 is 2.89 bits per heavy atom. The van der Waals surface area contributed by atoms with Crippen molar-refractivity contribution in [2.24, 2.45) is 5.41 Å². The topological polar surface area (TPSA) is 12.0 Å². The zero-order chi connectivity index (χ0) is 13.2. The molecule has 1 aromatic heterocycles. The highest BCUT2D eigenvalue weighted by Crippen LogP contribution is 2.41. The number of nitrogens with one attached hydrogen (secondary N) is 1. The van der Waals surface area contributed by atoms with Crippen LogP contribution >= 0.6 is 11.3 Å². The summed E-state index contributed by atoms with van der Waals surface area (Å²) in [5.41, 5.74) is 1.96. The predicted molar refractivity (Wildman–Crippen MR) is 81.5 cm³/mol. The van der Waals surface area contributed by atoms with Gasteiger partial charge in [0.2, 0.25) is 0 Å². The van der Waals surface area contributed by atoms with Gasteiger partial charge in [-0.2, -0.15) is 0 Å². The molecule has 2 rings (SSSR count). The predicted octanol–water partition coefficient (Wildman–Crippen LogP) is 4.58. The number of hydrogen-bond donors (Lipinski definition) is 1. The first-order valence-corrected chi connectivity index (χ1v) is 8.21. The van der Waals surface area contributed by atoms with E-state index in [9.17, 15) is 0 Å². The molecule has 0 fully saturated rings. The van der Waals surface area contributed by atoms with Gasteiger partial charge in [0.15, 0.2) is 0 Å². The van der Waals surface area contributed by atoms with E-state index >= 15 is 0 Å². The molecule has 1 heterocycles. The van der Waals surface area contributed by atoms with Gasteiger partial charge in [0.25, 0.3) is 0 Å². The maximum absolute atomic E-state index is 3.81. The molecule has 0 radical (unpaired) electrons. The summed E-state index contributed by atoms with van der Waals surface area (Å²) < 4.78 is 0. The van der Waals surface area contributed by atoms with Crippen molar-refractivity contribution in [2.75, 3.05) is 6.54 Å². The minimum atomic E-state index is 0.330. The third-order valence-corrected chi connectivity index (χ3v) is 5.04. The second-order valence-electron chi connectivity index (χ2n) is 6.60. The van der Waals surface area contributed by atoms with E-state index in [4.69, 9.17) is 0 Å². The maximum Gasteiger partial charge on any atom is 0.0185 e. The Kier molecular flexibility index (Phi) is 4.50. The van der Waals surface area contributed by atoms with E-state index in [1.807, 2.05) is 11.3 Å². The first-order chi connectivity index (χ1) is 8.54. The van der Waals surface area contributed by atoms with E-state index in [2.05, 4.69) is 44.5 Å². The van der Waals surface area contributed by atoms with Gasteiger partial charge in [0.05, 0.1) is 0 Å². The highest BCUT2D eigenvalue weighted by Gasteiger charge is 2.35. The van der Waals surface area contributed by atoms with E-state index in [-0.39, 0.29) is 0 Å². The van der Waals surface area contributed by atoms with Crippen molar-refractivity contribution in [3.05, 3.63) is 21.9 Å². The minimum Gasteiger partial charge on any atom is -0.313 e. The summed E-state index contributed by atoms with van der Waals surface area (Å²) in [5, 5.41) is 6.09. The Hall–Kier alpha value is -0.340. The average molecular weight is 265 g/mol. The van der Waals surface area contributed by atoms with E-state index in [1.165, 1.54) is 25.7 Å². The van der Waals surface area contributed by atoms with E-state index in [0.717, 1.165) is 6.54 Å². The molecule has 1 aromatic rings. The van der Waals surface area contributed by atoms with Crippen LogP contribution in [0.2, 0.25) is 0 Å². The van der Waals surface area contributed by atoms with Crippen LogP contribution in [0.4, 0.5) is 0 Å². The quantitative estimate of drug-likeness (QED) is 0.840. The fourth-order valence-corrected chi connectivity index (χ4v) is 4.22. The zero-order valence-electron chi connectivity index (χ0n) is 12.3. The summed E-state index contributed by atoms with van der Waals surface area (Å²) >= 11 is 1.95. The first-order valence-electron chi connectivity index (χ1n) is 7.33. The lowest BCUT2D eigenvalue weighted by Crippen LogP contribution is -2.45. The van der Waals surface area contributed by atoms with Gasteiger partial charge >= 0.3 is 0 Å². The minimum absolute atomic E-state index is 0.330. The zero-order valence-corrected chi connectivity index (χ0v) is 13.1. The molecule has 2 unspecified atom stereocenters. The SMILES string of the molecule is CCCNC(C1CCCc2sccc21)C(C)(C)C. The molecule has 0 amide bonds. The molecule has 18 heavy (non-hydrogen) atoms. The smallest absolute Gasteiger partial charge is 0.0185 e. The molecule has 0 bridgehead atoms. The molecule has 0 spiro atoms. The van der Waals surface area contributed by atoms with Gasteiger partial charge in [-0.05, 0) is 54.7 Å². The fraction of sp³-hybridized carbons (Fsp3) is 0.750. The molecule has 1 N–H and O–H groups in total. The van der Waals surface area contributed by atoms with Crippen LogP contribution in [0.25, 0.3) is 0 Å². The maximum atomic E-state index is 3.81. The first kappa shape index (κ1) is 14.1. The van der Waals surface area contributed by atoms with Crippen molar-refractivity contribution < 1.29 is 0 Å². The number of fused-ring (bicyclic) bond motifs is 1. The monoisotopic (exact) mass is 265 g/mol. The second kappa shape index (κ2) is 5.75. The van der Waals surface area contributed by atoms with Crippen LogP contribution in [0.1, 0.15) is 63.3 Å². The summed E-state index contributed by atoms with van der Waals surface area (Å²) in [6.07, 6.45) is 5.23. The number of hydrogen-bond acceptors (Lipinski definition) is 2. The van der Waals surface area contributed by atoms with Gasteiger partial charge in [-0.15, -0.1) is 11.3 Å². The lowest BCUT2D eigenvalue weighted by molar-refractivity contribution is 0.219. The van der Waals surface area contributed by atoms with Crippen LogP contribution in [-0.4, -0.2) is 12.6 Å². The van der Waals surface area contributed by atoms with Crippen molar-refractivity contribution in [1.82, 2.24) is 5.32 Å². The van der Waals surface area contributed by atoms with Crippen LogP contribution in [-0.2, 0) is 6.42 Å². The lowest BCUT2D eigenvalue weighted by atomic mass is 9.72. The van der Waals surface area contributed by atoms with Gasteiger partial charge in [0.1, 0.15) is 0 Å². The molecular weight excluding hydrogens is 238 g/mol. The summed E-state index contributed by atoms with van der Waals surface area (Å²) in [6, 6.07) is 2.97. The van der Waals surface area contributed by atoms with Crippen molar-refractivity contribution in [2.45, 2.75) is 65.3 Å². The van der Waals surface area contributed by atoms with E-state index in [0.29, 0.717) is 17.4 Å². The molecule has 2 atom stereocenters. The number of rotatable bonds is 4. The van der Waals surface area contributed by atoms with Crippen LogP contribution in [0.3, 0.4) is 0 Å². The molecule has 0 saturated heterocycles. The van der Waals surface area contributed by atoms with Gasteiger partial charge in [0, 0.05) is 16.8 Å². The van der Waals surface area contributed by atoms with Crippen molar-refractivity contribution >= 4 is 11.3 Å². The molecule has 0 aliphatic heterocycles. The Bertz CT molecular complexity index is 375. The standard InChI is InChI=1S/C16H27NS/c1-5-10-17-15(16(2,3)4)13-7-6-8-14-12(13)9-11-18-14/h9,11,13,15,17H,5-8,10H2,1-4H3. The number of thiophene rings is 1. The fourth-order valence-electron chi connectivity index (χ4n) is 3.22. The molecule has 1 aliphatic rings. The molecular formula is C16H27NS. The third-order valence-electron chi connectivity index (χ3n) is 4.05. The summed E-state index contributed by atoms with van der Waals surface area (Å²) in [4.78, 5) is 1.64. The van der Waals surface area contributed by atoms with Crippen molar-refractivity contribution in [3.8, 4) is 0 Å². The van der Waals surface area contributed by atoms with Crippen molar-refractivity contribution in [1.29, 1.82) is 0 Å². The van der Waals surface area contributed by atoms with Crippen LogP contribution in [0, 0.1) is 5.41 Å². The summed E-state index contributed by atoms with van der Waals surface area (Å²) in [6.45, 7) is 10.5. The molecule has 0 saturated carbocycles. The molecule has 1 aliphatic carbocycles.